The van der Waals surface area contributed by atoms with E-state index in [9.17, 15) is 4.79 Å². The lowest BCUT2D eigenvalue weighted by atomic mass is 10.3. The second-order valence-electron chi connectivity index (χ2n) is 2.91. The first-order valence-electron chi connectivity index (χ1n) is 4.53. The molecule has 0 N–H and O–H groups in total. The first-order chi connectivity index (χ1) is 6.69. The van der Waals surface area contributed by atoms with Gasteiger partial charge in [0.1, 0.15) is 0 Å². The highest BCUT2D eigenvalue weighted by Crippen LogP contribution is 2.17. The van der Waals surface area contributed by atoms with Crippen molar-refractivity contribution in [2.75, 3.05) is 12.9 Å². The van der Waals surface area contributed by atoms with E-state index in [1.54, 1.807) is 11.8 Å². The Hall–Kier alpha value is -0.900. The number of hydrogen-bond donors (Lipinski definition) is 0. The molecule has 0 aliphatic carbocycles. The average Bonchev–Trinajstić information content (AvgIpc) is 2.48. The molecule has 0 bridgehead atoms. The Balaban J connectivity index is 2.67. The van der Waals surface area contributed by atoms with Gasteiger partial charge in [0.15, 0.2) is 0 Å². The summed E-state index contributed by atoms with van der Waals surface area (Å²) in [4.78, 5) is 11.2. The minimum absolute atomic E-state index is 0.165. The zero-order chi connectivity index (χ0) is 10.6. The number of carbonyl (C=O) groups excluding carboxylic acids is 1. The van der Waals surface area contributed by atoms with Gasteiger partial charge in [0.25, 0.3) is 0 Å². The Bertz CT molecular complexity index is 320. The third-order valence-electron chi connectivity index (χ3n) is 2.02. The zero-order valence-corrected chi connectivity index (χ0v) is 9.56. The summed E-state index contributed by atoms with van der Waals surface area (Å²) >= 11 is 1.67. The highest BCUT2D eigenvalue weighted by atomic mass is 32.2. The van der Waals surface area contributed by atoms with Crippen molar-refractivity contribution in [1.82, 2.24) is 4.57 Å². The van der Waals surface area contributed by atoms with Crippen molar-refractivity contribution < 1.29 is 9.53 Å². The lowest BCUT2D eigenvalue weighted by Gasteiger charge is -2.05. The molecule has 0 unspecified atom stereocenters. The molecular formula is C10H15NO2S. The molecule has 0 spiro atoms. The van der Waals surface area contributed by atoms with Crippen LogP contribution in [0.15, 0.2) is 17.2 Å². The Labute approximate surface area is 88.4 Å². The standard InChI is InChI=1S/C10H15NO2S/c1-4-13-10(12)7-8-5-6-9(14-3)11(8)2/h5-6H,4,7H2,1-3H3. The topological polar surface area (TPSA) is 31.2 Å². The van der Waals surface area contributed by atoms with Gasteiger partial charge >= 0.3 is 5.97 Å². The molecule has 1 aromatic heterocycles. The van der Waals surface area contributed by atoms with Crippen LogP contribution in [-0.4, -0.2) is 23.4 Å². The van der Waals surface area contributed by atoms with Crippen LogP contribution in [0.1, 0.15) is 12.6 Å². The lowest BCUT2D eigenvalue weighted by molar-refractivity contribution is -0.142. The smallest absolute Gasteiger partial charge is 0.311 e. The number of thioether (sulfide) groups is 1. The van der Waals surface area contributed by atoms with Gasteiger partial charge in [-0.05, 0) is 25.3 Å². The summed E-state index contributed by atoms with van der Waals surface area (Å²) in [7, 11) is 1.96. The zero-order valence-electron chi connectivity index (χ0n) is 8.74. The van der Waals surface area contributed by atoms with Crippen molar-refractivity contribution in [2.45, 2.75) is 18.4 Å². The number of hydrogen-bond acceptors (Lipinski definition) is 3. The molecule has 0 radical (unpaired) electrons. The molecule has 0 aliphatic rings. The number of esters is 1. The summed E-state index contributed by atoms with van der Waals surface area (Å²) < 4.78 is 6.90. The summed E-state index contributed by atoms with van der Waals surface area (Å²) in [6.45, 7) is 2.26. The van der Waals surface area contributed by atoms with Gasteiger partial charge < -0.3 is 9.30 Å². The van der Waals surface area contributed by atoms with E-state index < -0.39 is 0 Å². The molecule has 1 heterocycles. The van der Waals surface area contributed by atoms with Crippen molar-refractivity contribution >= 4 is 17.7 Å². The highest BCUT2D eigenvalue weighted by Gasteiger charge is 2.08. The van der Waals surface area contributed by atoms with Crippen LogP contribution in [0.25, 0.3) is 0 Å². The quantitative estimate of drug-likeness (QED) is 0.565. The molecule has 1 rings (SSSR count). The van der Waals surface area contributed by atoms with E-state index in [-0.39, 0.29) is 5.97 Å². The van der Waals surface area contributed by atoms with Crippen LogP contribution in [0.4, 0.5) is 0 Å². The largest absolute Gasteiger partial charge is 0.466 e. The predicted octanol–water partition coefficient (Wildman–Crippen LogP) is 1.85. The molecule has 0 saturated carbocycles. The molecule has 0 amide bonds. The summed E-state index contributed by atoms with van der Waals surface area (Å²) in [5, 5.41) is 1.16. The van der Waals surface area contributed by atoms with Crippen LogP contribution in [0.3, 0.4) is 0 Å². The third kappa shape index (κ3) is 2.54. The fourth-order valence-corrected chi connectivity index (χ4v) is 1.87. The lowest BCUT2D eigenvalue weighted by Crippen LogP contribution is -2.10. The Morgan fingerprint density at radius 1 is 1.57 bits per heavy atom. The van der Waals surface area contributed by atoms with Crippen LogP contribution in [-0.2, 0) is 23.0 Å². The van der Waals surface area contributed by atoms with Crippen LogP contribution in [0.2, 0.25) is 0 Å². The number of rotatable bonds is 4. The van der Waals surface area contributed by atoms with E-state index in [2.05, 4.69) is 0 Å². The predicted molar refractivity (Wildman–Crippen MR) is 57.5 cm³/mol. The molecule has 4 heteroatoms. The molecule has 3 nitrogen and oxygen atoms in total. The van der Waals surface area contributed by atoms with Gasteiger partial charge in [-0.3, -0.25) is 4.79 Å². The fourth-order valence-electron chi connectivity index (χ4n) is 1.28. The maximum absolute atomic E-state index is 11.2. The molecule has 0 aliphatic heterocycles. The van der Waals surface area contributed by atoms with Crippen molar-refractivity contribution in [3.63, 3.8) is 0 Å². The Morgan fingerprint density at radius 2 is 2.29 bits per heavy atom. The van der Waals surface area contributed by atoms with E-state index in [4.69, 9.17) is 4.74 Å². The molecule has 0 atom stereocenters. The first kappa shape index (κ1) is 11.2. The van der Waals surface area contributed by atoms with Gasteiger partial charge in [0.05, 0.1) is 18.1 Å². The highest BCUT2D eigenvalue weighted by molar-refractivity contribution is 7.98. The van der Waals surface area contributed by atoms with E-state index in [1.807, 2.05) is 36.9 Å². The average molecular weight is 213 g/mol. The van der Waals surface area contributed by atoms with Gasteiger partial charge in [0.2, 0.25) is 0 Å². The summed E-state index contributed by atoms with van der Waals surface area (Å²) in [5.41, 5.74) is 0.993. The molecule has 78 valence electrons. The van der Waals surface area contributed by atoms with Crippen molar-refractivity contribution in [2.24, 2.45) is 7.05 Å². The fraction of sp³-hybridized carbons (Fsp3) is 0.500. The van der Waals surface area contributed by atoms with E-state index in [0.29, 0.717) is 13.0 Å². The molecule has 14 heavy (non-hydrogen) atoms. The van der Waals surface area contributed by atoms with E-state index in [1.165, 1.54) is 0 Å². The monoisotopic (exact) mass is 213 g/mol. The Kier molecular flexibility index (Phi) is 4.07. The summed E-state index contributed by atoms with van der Waals surface area (Å²) in [6, 6.07) is 3.97. The molecule has 1 aromatic rings. The van der Waals surface area contributed by atoms with Crippen LogP contribution in [0, 0.1) is 0 Å². The number of aromatic nitrogens is 1. The maximum Gasteiger partial charge on any atom is 0.311 e. The molecule has 0 aromatic carbocycles. The summed E-state index contributed by atoms with van der Waals surface area (Å²) in [6.07, 6.45) is 2.37. The van der Waals surface area contributed by atoms with Crippen molar-refractivity contribution in [3.8, 4) is 0 Å². The second kappa shape index (κ2) is 5.10. The Morgan fingerprint density at radius 3 is 2.79 bits per heavy atom. The SMILES string of the molecule is CCOC(=O)Cc1ccc(SC)n1C. The number of nitrogens with zero attached hydrogens (tertiary/aromatic N) is 1. The van der Waals surface area contributed by atoms with Gasteiger partial charge in [-0.15, -0.1) is 11.8 Å². The van der Waals surface area contributed by atoms with Crippen molar-refractivity contribution in [3.05, 3.63) is 17.8 Å². The molecular weight excluding hydrogens is 198 g/mol. The van der Waals surface area contributed by atoms with Crippen LogP contribution in [0.5, 0.6) is 0 Å². The molecule has 0 fully saturated rings. The van der Waals surface area contributed by atoms with E-state index >= 15 is 0 Å². The summed E-state index contributed by atoms with van der Waals surface area (Å²) in [5.74, 6) is -0.165. The van der Waals surface area contributed by atoms with Crippen molar-refractivity contribution in [1.29, 1.82) is 0 Å². The van der Waals surface area contributed by atoms with Crippen LogP contribution >= 0.6 is 11.8 Å². The van der Waals surface area contributed by atoms with Gasteiger partial charge in [-0.2, -0.15) is 0 Å². The minimum atomic E-state index is -0.165. The second-order valence-corrected chi connectivity index (χ2v) is 3.73. The van der Waals surface area contributed by atoms with Gasteiger partial charge in [-0.1, -0.05) is 0 Å². The maximum atomic E-state index is 11.2. The van der Waals surface area contributed by atoms with Crippen LogP contribution < -0.4 is 0 Å². The normalized spacial score (nSPS) is 10.2. The third-order valence-corrected chi connectivity index (χ3v) is 2.85. The van der Waals surface area contributed by atoms with Gasteiger partial charge in [0, 0.05) is 12.7 Å². The number of carbonyl (C=O) groups is 1. The first-order valence-corrected chi connectivity index (χ1v) is 5.75. The minimum Gasteiger partial charge on any atom is -0.466 e. The molecule has 0 saturated heterocycles. The van der Waals surface area contributed by atoms with Gasteiger partial charge in [-0.25, -0.2) is 0 Å². The number of ether oxygens (including phenoxy) is 1. The van der Waals surface area contributed by atoms with E-state index in [0.717, 1.165) is 10.7 Å².